The van der Waals surface area contributed by atoms with Gasteiger partial charge in [-0.3, -0.25) is 0 Å². The number of nitrogens with one attached hydrogen (secondary N) is 1. The van der Waals surface area contributed by atoms with Crippen LogP contribution in [0.4, 0.5) is 5.69 Å². The Kier molecular flexibility index (Phi) is 3.88. The summed E-state index contributed by atoms with van der Waals surface area (Å²) in [5.74, 6) is 0.878. The molecule has 0 unspecified atom stereocenters. The lowest BCUT2D eigenvalue weighted by Gasteiger charge is -2.12. The Morgan fingerprint density at radius 3 is 2.61 bits per heavy atom. The van der Waals surface area contributed by atoms with Crippen LogP contribution in [0.2, 0.25) is 0 Å². The van der Waals surface area contributed by atoms with Crippen LogP contribution < -0.4 is 10.1 Å². The van der Waals surface area contributed by atoms with E-state index < -0.39 is 0 Å². The molecule has 2 heteroatoms. The number of para-hydroxylation sites is 2. The maximum absolute atomic E-state index is 5.33. The molecule has 2 aromatic carbocycles. The lowest BCUT2D eigenvalue weighted by molar-refractivity contribution is 0.416. The van der Waals surface area contributed by atoms with Crippen molar-refractivity contribution in [1.29, 1.82) is 0 Å². The molecule has 0 heterocycles. The summed E-state index contributed by atoms with van der Waals surface area (Å²) in [5.41, 5.74) is 4.95. The summed E-state index contributed by atoms with van der Waals surface area (Å²) in [6.45, 7) is 5.07. The molecule has 0 amide bonds. The molecule has 0 aliphatic heterocycles. The summed E-state index contributed by atoms with van der Waals surface area (Å²) in [6, 6.07) is 14.5. The van der Waals surface area contributed by atoms with Gasteiger partial charge in [0.1, 0.15) is 5.75 Å². The van der Waals surface area contributed by atoms with E-state index in [1.165, 1.54) is 16.7 Å². The molecule has 0 aliphatic carbocycles. The third-order valence-electron chi connectivity index (χ3n) is 3.08. The first-order chi connectivity index (χ1) is 8.70. The van der Waals surface area contributed by atoms with E-state index in [1.54, 1.807) is 7.11 Å². The van der Waals surface area contributed by atoms with Gasteiger partial charge in [-0.05, 0) is 37.1 Å². The number of benzene rings is 2. The number of ether oxygens (including phenoxy) is 1. The summed E-state index contributed by atoms with van der Waals surface area (Å²) < 4.78 is 5.33. The fourth-order valence-electron chi connectivity index (χ4n) is 1.97. The van der Waals surface area contributed by atoms with E-state index in [0.29, 0.717) is 0 Å². The lowest BCUT2D eigenvalue weighted by Crippen LogP contribution is -2.03. The van der Waals surface area contributed by atoms with Crippen LogP contribution in [0.1, 0.15) is 16.7 Å². The normalized spacial score (nSPS) is 10.2. The van der Waals surface area contributed by atoms with E-state index >= 15 is 0 Å². The second-order valence-electron chi connectivity index (χ2n) is 4.48. The predicted molar refractivity (Wildman–Crippen MR) is 76.2 cm³/mol. The molecule has 2 aromatic rings. The zero-order valence-corrected chi connectivity index (χ0v) is 11.2. The summed E-state index contributed by atoms with van der Waals surface area (Å²) in [4.78, 5) is 0. The molecule has 18 heavy (non-hydrogen) atoms. The minimum atomic E-state index is 0.813. The molecular weight excluding hydrogens is 222 g/mol. The molecule has 94 valence electrons. The van der Waals surface area contributed by atoms with Crippen molar-refractivity contribution >= 4 is 5.69 Å². The SMILES string of the molecule is COc1ccccc1NCc1cc(C)ccc1C. The Balaban J connectivity index is 2.14. The maximum atomic E-state index is 5.33. The smallest absolute Gasteiger partial charge is 0.141 e. The minimum absolute atomic E-state index is 0.813. The highest BCUT2D eigenvalue weighted by molar-refractivity contribution is 5.56. The van der Waals surface area contributed by atoms with E-state index in [9.17, 15) is 0 Å². The fraction of sp³-hybridized carbons (Fsp3) is 0.250. The summed E-state index contributed by atoms with van der Waals surface area (Å²) in [5, 5.41) is 3.42. The molecule has 2 rings (SSSR count). The lowest BCUT2D eigenvalue weighted by atomic mass is 10.1. The van der Waals surface area contributed by atoms with Gasteiger partial charge in [-0.25, -0.2) is 0 Å². The average molecular weight is 241 g/mol. The van der Waals surface area contributed by atoms with Gasteiger partial charge in [-0.1, -0.05) is 35.9 Å². The summed E-state index contributed by atoms with van der Waals surface area (Å²) in [7, 11) is 1.69. The van der Waals surface area contributed by atoms with Crippen molar-refractivity contribution < 1.29 is 4.74 Å². The first-order valence-electron chi connectivity index (χ1n) is 6.13. The monoisotopic (exact) mass is 241 g/mol. The Morgan fingerprint density at radius 2 is 1.83 bits per heavy atom. The number of aryl methyl sites for hydroxylation is 2. The fourth-order valence-corrected chi connectivity index (χ4v) is 1.97. The zero-order valence-electron chi connectivity index (χ0n) is 11.2. The maximum Gasteiger partial charge on any atom is 0.141 e. The zero-order chi connectivity index (χ0) is 13.0. The van der Waals surface area contributed by atoms with Gasteiger partial charge in [0.15, 0.2) is 0 Å². The summed E-state index contributed by atoms with van der Waals surface area (Å²) in [6.07, 6.45) is 0. The van der Waals surface area contributed by atoms with E-state index in [0.717, 1.165) is 18.0 Å². The van der Waals surface area contributed by atoms with Crippen molar-refractivity contribution in [3.63, 3.8) is 0 Å². The molecule has 0 aliphatic rings. The van der Waals surface area contributed by atoms with Gasteiger partial charge >= 0.3 is 0 Å². The van der Waals surface area contributed by atoms with Crippen molar-refractivity contribution in [1.82, 2.24) is 0 Å². The number of hydrogen-bond acceptors (Lipinski definition) is 2. The standard InChI is InChI=1S/C16H19NO/c1-12-8-9-13(2)14(10-12)11-17-15-6-4-5-7-16(15)18-3/h4-10,17H,11H2,1-3H3. The Labute approximate surface area is 109 Å². The Morgan fingerprint density at radius 1 is 1.06 bits per heavy atom. The van der Waals surface area contributed by atoms with Gasteiger partial charge in [-0.2, -0.15) is 0 Å². The van der Waals surface area contributed by atoms with E-state index in [-0.39, 0.29) is 0 Å². The summed E-state index contributed by atoms with van der Waals surface area (Å²) >= 11 is 0. The molecule has 0 fully saturated rings. The molecular formula is C16H19NO. The molecule has 0 saturated carbocycles. The highest BCUT2D eigenvalue weighted by Crippen LogP contribution is 2.24. The first-order valence-corrected chi connectivity index (χ1v) is 6.13. The largest absolute Gasteiger partial charge is 0.495 e. The van der Waals surface area contributed by atoms with Gasteiger partial charge in [0, 0.05) is 6.54 Å². The van der Waals surface area contributed by atoms with Crippen molar-refractivity contribution in [3.8, 4) is 5.75 Å². The van der Waals surface area contributed by atoms with E-state index in [1.807, 2.05) is 24.3 Å². The van der Waals surface area contributed by atoms with Crippen LogP contribution in [0, 0.1) is 13.8 Å². The third-order valence-corrected chi connectivity index (χ3v) is 3.08. The third kappa shape index (κ3) is 2.83. The van der Waals surface area contributed by atoms with Crippen molar-refractivity contribution in [2.45, 2.75) is 20.4 Å². The van der Waals surface area contributed by atoms with Crippen LogP contribution in [0.5, 0.6) is 5.75 Å². The van der Waals surface area contributed by atoms with Crippen molar-refractivity contribution in [3.05, 3.63) is 59.2 Å². The van der Waals surface area contributed by atoms with Crippen LogP contribution in [-0.2, 0) is 6.54 Å². The molecule has 0 bridgehead atoms. The van der Waals surface area contributed by atoms with Crippen LogP contribution >= 0.6 is 0 Å². The number of anilines is 1. The molecule has 0 aromatic heterocycles. The first kappa shape index (κ1) is 12.5. The number of hydrogen-bond donors (Lipinski definition) is 1. The van der Waals surface area contributed by atoms with Crippen LogP contribution in [-0.4, -0.2) is 7.11 Å². The van der Waals surface area contributed by atoms with Crippen molar-refractivity contribution in [2.24, 2.45) is 0 Å². The van der Waals surface area contributed by atoms with Crippen LogP contribution in [0.15, 0.2) is 42.5 Å². The van der Waals surface area contributed by atoms with Gasteiger partial charge < -0.3 is 10.1 Å². The highest BCUT2D eigenvalue weighted by atomic mass is 16.5. The van der Waals surface area contributed by atoms with Gasteiger partial charge in [0.2, 0.25) is 0 Å². The topological polar surface area (TPSA) is 21.3 Å². The average Bonchev–Trinajstić information content (AvgIpc) is 2.40. The number of methoxy groups -OCH3 is 1. The molecule has 0 spiro atoms. The van der Waals surface area contributed by atoms with E-state index in [2.05, 4.69) is 37.4 Å². The molecule has 0 radical (unpaired) electrons. The van der Waals surface area contributed by atoms with E-state index in [4.69, 9.17) is 4.74 Å². The van der Waals surface area contributed by atoms with Crippen molar-refractivity contribution in [2.75, 3.05) is 12.4 Å². The second-order valence-corrected chi connectivity index (χ2v) is 4.48. The molecule has 0 saturated heterocycles. The molecule has 0 atom stereocenters. The minimum Gasteiger partial charge on any atom is -0.495 e. The highest BCUT2D eigenvalue weighted by Gasteiger charge is 2.02. The molecule has 2 nitrogen and oxygen atoms in total. The van der Waals surface area contributed by atoms with Crippen LogP contribution in [0.3, 0.4) is 0 Å². The number of rotatable bonds is 4. The Bertz CT molecular complexity index is 534. The van der Waals surface area contributed by atoms with Gasteiger partial charge in [-0.15, -0.1) is 0 Å². The second kappa shape index (κ2) is 5.58. The van der Waals surface area contributed by atoms with Crippen LogP contribution in [0.25, 0.3) is 0 Å². The Hall–Kier alpha value is -1.96. The quantitative estimate of drug-likeness (QED) is 0.875. The predicted octanol–water partition coefficient (Wildman–Crippen LogP) is 3.92. The van der Waals surface area contributed by atoms with Gasteiger partial charge in [0.05, 0.1) is 12.8 Å². The molecule has 1 N–H and O–H groups in total. The van der Waals surface area contributed by atoms with Gasteiger partial charge in [0.25, 0.3) is 0 Å².